The fraction of sp³-hybridized carbons (Fsp3) is 0.571. The van der Waals surface area contributed by atoms with Gasteiger partial charge in [0.1, 0.15) is 5.25 Å². The molecule has 1 N–H and O–H groups in total. The van der Waals surface area contributed by atoms with Gasteiger partial charge in [0.2, 0.25) is 0 Å². The molecule has 5 nitrogen and oxygen atoms in total. The lowest BCUT2D eigenvalue weighted by molar-refractivity contribution is 0.0372. The second-order valence-corrected chi connectivity index (χ2v) is 6.76. The van der Waals surface area contributed by atoms with E-state index in [4.69, 9.17) is 4.74 Å². The summed E-state index contributed by atoms with van der Waals surface area (Å²) in [5, 5.41) is -0.856. The van der Waals surface area contributed by atoms with Crippen LogP contribution in [0, 0.1) is 6.92 Å². The van der Waals surface area contributed by atoms with Crippen molar-refractivity contribution in [3.05, 3.63) is 35.4 Å². The monoisotopic (exact) mass is 299 g/mol. The van der Waals surface area contributed by atoms with Gasteiger partial charge in [-0.05, 0) is 25.5 Å². The number of aryl methyl sites for hydroxylation is 1. The Hall–Kier alpha value is -0.950. The van der Waals surface area contributed by atoms with Gasteiger partial charge in [0.15, 0.2) is 0 Å². The minimum Gasteiger partial charge on any atom is -0.379 e. The Bertz CT molecular complexity index is 521. The molecule has 1 aromatic carbocycles. The third kappa shape index (κ3) is 4.28. The van der Waals surface area contributed by atoms with Gasteiger partial charge in [-0.15, -0.1) is 0 Å². The molecule has 0 radical (unpaired) electrons. The summed E-state index contributed by atoms with van der Waals surface area (Å²) in [6.07, 6.45) is 0.391. The molecule has 1 aliphatic rings. The molecule has 1 atom stereocenters. The first-order valence-electron chi connectivity index (χ1n) is 6.80. The van der Waals surface area contributed by atoms with Crippen molar-refractivity contribution in [1.29, 1.82) is 0 Å². The predicted molar refractivity (Wildman–Crippen MR) is 77.3 cm³/mol. The van der Waals surface area contributed by atoms with Crippen molar-refractivity contribution in [3.63, 3.8) is 0 Å². The highest BCUT2D eigenvalue weighted by Crippen LogP contribution is 2.26. The number of benzene rings is 1. The Morgan fingerprint density at radius 3 is 2.40 bits per heavy atom. The Balaban J connectivity index is 2.06. The fourth-order valence-corrected chi connectivity index (χ4v) is 3.30. The topological polar surface area (TPSA) is 66.8 Å². The zero-order chi connectivity index (χ0) is 14.6. The minimum atomic E-state index is -4.09. The number of hydrogen-bond donors (Lipinski definition) is 1. The zero-order valence-corrected chi connectivity index (χ0v) is 12.5. The molecule has 1 aromatic rings. The molecule has 20 heavy (non-hydrogen) atoms. The molecule has 0 aliphatic carbocycles. The first kappa shape index (κ1) is 15.4. The number of morpholine rings is 1. The van der Waals surface area contributed by atoms with Crippen molar-refractivity contribution in [2.24, 2.45) is 0 Å². The standard InChI is InChI=1S/C14H21NO4S/c1-12-2-4-13(5-3-12)14(20(16,17)18)6-7-15-8-10-19-11-9-15/h2-5,14H,6-11H2,1H3,(H,16,17,18). The maximum absolute atomic E-state index is 11.6. The van der Waals surface area contributed by atoms with Crippen LogP contribution in [-0.2, 0) is 14.9 Å². The summed E-state index contributed by atoms with van der Waals surface area (Å²) in [5.74, 6) is 0. The van der Waals surface area contributed by atoms with E-state index in [0.29, 0.717) is 31.7 Å². The minimum absolute atomic E-state index is 0.391. The summed E-state index contributed by atoms with van der Waals surface area (Å²) in [6.45, 7) is 5.57. The van der Waals surface area contributed by atoms with E-state index in [2.05, 4.69) is 4.90 Å². The third-order valence-electron chi connectivity index (χ3n) is 3.62. The van der Waals surface area contributed by atoms with Crippen LogP contribution >= 0.6 is 0 Å². The molecule has 1 unspecified atom stereocenters. The van der Waals surface area contributed by atoms with Crippen LogP contribution in [0.3, 0.4) is 0 Å². The molecule has 1 fully saturated rings. The van der Waals surface area contributed by atoms with Crippen molar-refractivity contribution < 1.29 is 17.7 Å². The molecule has 112 valence electrons. The first-order chi connectivity index (χ1) is 9.47. The Labute approximate surface area is 120 Å². The molecule has 0 saturated carbocycles. The predicted octanol–water partition coefficient (Wildman–Crippen LogP) is 1.65. The van der Waals surface area contributed by atoms with Gasteiger partial charge in [-0.1, -0.05) is 29.8 Å². The van der Waals surface area contributed by atoms with E-state index >= 15 is 0 Å². The number of hydrogen-bond acceptors (Lipinski definition) is 4. The zero-order valence-electron chi connectivity index (χ0n) is 11.7. The van der Waals surface area contributed by atoms with E-state index < -0.39 is 15.4 Å². The van der Waals surface area contributed by atoms with E-state index in [0.717, 1.165) is 18.7 Å². The van der Waals surface area contributed by atoms with Gasteiger partial charge >= 0.3 is 0 Å². The van der Waals surface area contributed by atoms with E-state index in [1.165, 1.54) is 0 Å². The smallest absolute Gasteiger partial charge is 0.272 e. The van der Waals surface area contributed by atoms with Gasteiger partial charge in [0.05, 0.1) is 13.2 Å². The van der Waals surface area contributed by atoms with Gasteiger partial charge in [-0.25, -0.2) is 0 Å². The Morgan fingerprint density at radius 1 is 1.25 bits per heavy atom. The van der Waals surface area contributed by atoms with Crippen LogP contribution < -0.4 is 0 Å². The molecular formula is C14H21NO4S. The van der Waals surface area contributed by atoms with E-state index in [9.17, 15) is 13.0 Å². The lowest BCUT2D eigenvalue weighted by Gasteiger charge is -2.27. The average molecular weight is 299 g/mol. The Morgan fingerprint density at radius 2 is 1.85 bits per heavy atom. The quantitative estimate of drug-likeness (QED) is 0.837. The van der Waals surface area contributed by atoms with Gasteiger partial charge in [0, 0.05) is 13.1 Å². The maximum atomic E-state index is 11.6. The van der Waals surface area contributed by atoms with Gasteiger partial charge in [0.25, 0.3) is 10.1 Å². The summed E-state index contributed by atoms with van der Waals surface area (Å²) < 4.78 is 37.9. The van der Waals surface area contributed by atoms with Crippen molar-refractivity contribution in [3.8, 4) is 0 Å². The number of nitrogens with zero attached hydrogens (tertiary/aromatic N) is 1. The second-order valence-electron chi connectivity index (χ2n) is 5.16. The summed E-state index contributed by atoms with van der Waals surface area (Å²) in [7, 11) is -4.09. The molecule has 1 aliphatic heterocycles. The van der Waals surface area contributed by atoms with E-state index in [1.807, 2.05) is 19.1 Å². The second kappa shape index (κ2) is 6.67. The van der Waals surface area contributed by atoms with Gasteiger partial charge in [-0.2, -0.15) is 8.42 Å². The highest BCUT2D eigenvalue weighted by Gasteiger charge is 2.26. The molecule has 1 saturated heterocycles. The lowest BCUT2D eigenvalue weighted by atomic mass is 10.1. The van der Waals surface area contributed by atoms with Crippen molar-refractivity contribution in [2.75, 3.05) is 32.8 Å². The number of rotatable bonds is 5. The fourth-order valence-electron chi connectivity index (χ4n) is 2.39. The molecule has 0 spiro atoms. The van der Waals surface area contributed by atoms with Crippen LogP contribution in [-0.4, -0.2) is 50.7 Å². The maximum Gasteiger partial charge on any atom is 0.272 e. The summed E-state index contributed by atoms with van der Waals surface area (Å²) in [6, 6.07) is 7.27. The largest absolute Gasteiger partial charge is 0.379 e. The lowest BCUT2D eigenvalue weighted by Crippen LogP contribution is -2.37. The Kier molecular flexibility index (Phi) is 5.15. The van der Waals surface area contributed by atoms with E-state index in [1.54, 1.807) is 12.1 Å². The molecule has 0 amide bonds. The van der Waals surface area contributed by atoms with Crippen LogP contribution in [0.2, 0.25) is 0 Å². The number of ether oxygens (including phenoxy) is 1. The van der Waals surface area contributed by atoms with Crippen molar-refractivity contribution >= 4 is 10.1 Å². The highest BCUT2D eigenvalue weighted by atomic mass is 32.2. The molecule has 0 aromatic heterocycles. The SMILES string of the molecule is Cc1ccc(C(CCN2CCOCC2)S(=O)(=O)O)cc1. The van der Waals surface area contributed by atoms with Gasteiger partial charge in [-0.3, -0.25) is 9.45 Å². The van der Waals surface area contributed by atoms with Crippen LogP contribution in [0.4, 0.5) is 0 Å². The van der Waals surface area contributed by atoms with Gasteiger partial charge < -0.3 is 4.74 Å². The van der Waals surface area contributed by atoms with Crippen LogP contribution in [0.1, 0.15) is 22.8 Å². The molecular weight excluding hydrogens is 278 g/mol. The van der Waals surface area contributed by atoms with E-state index in [-0.39, 0.29) is 0 Å². The van der Waals surface area contributed by atoms with Crippen LogP contribution in [0.15, 0.2) is 24.3 Å². The molecule has 1 heterocycles. The van der Waals surface area contributed by atoms with Crippen molar-refractivity contribution in [2.45, 2.75) is 18.6 Å². The highest BCUT2D eigenvalue weighted by molar-refractivity contribution is 7.86. The third-order valence-corrected chi connectivity index (χ3v) is 4.85. The summed E-state index contributed by atoms with van der Waals surface area (Å²) in [4.78, 5) is 2.16. The normalized spacial score (nSPS) is 18.9. The molecule has 2 rings (SSSR count). The first-order valence-corrected chi connectivity index (χ1v) is 8.30. The van der Waals surface area contributed by atoms with Crippen LogP contribution in [0.5, 0.6) is 0 Å². The molecule has 0 bridgehead atoms. The average Bonchev–Trinajstić information content (AvgIpc) is 2.41. The van der Waals surface area contributed by atoms with Crippen molar-refractivity contribution in [1.82, 2.24) is 4.90 Å². The molecule has 6 heteroatoms. The summed E-state index contributed by atoms with van der Waals surface area (Å²) >= 11 is 0. The van der Waals surface area contributed by atoms with Crippen LogP contribution in [0.25, 0.3) is 0 Å². The summed E-state index contributed by atoms with van der Waals surface area (Å²) in [5.41, 5.74) is 1.71.